The lowest BCUT2D eigenvalue weighted by atomic mass is 10.1. The fourth-order valence-electron chi connectivity index (χ4n) is 3.30. The number of para-hydroxylation sites is 1. The van der Waals surface area contributed by atoms with Gasteiger partial charge in [0.2, 0.25) is 0 Å². The molecule has 0 saturated carbocycles. The van der Waals surface area contributed by atoms with Crippen molar-refractivity contribution in [3.8, 4) is 5.82 Å². The maximum absolute atomic E-state index is 13.0. The summed E-state index contributed by atoms with van der Waals surface area (Å²) in [5.41, 5.74) is 1.97. The number of benzene rings is 1. The molecule has 1 atom stereocenters. The summed E-state index contributed by atoms with van der Waals surface area (Å²) in [6.45, 7) is 0.377. The largest absolute Gasteiger partial charge is 0.382 e. The number of ether oxygens (including phenoxy) is 2. The average molecular weight is 443 g/mol. The van der Waals surface area contributed by atoms with E-state index >= 15 is 0 Å². The van der Waals surface area contributed by atoms with Crippen molar-refractivity contribution < 1.29 is 17.9 Å². The zero-order chi connectivity index (χ0) is 22.0. The highest BCUT2D eigenvalue weighted by Crippen LogP contribution is 2.25. The summed E-state index contributed by atoms with van der Waals surface area (Å²) in [5.74, 6) is 0.464. The van der Waals surface area contributed by atoms with E-state index in [0.717, 1.165) is 10.9 Å². The molecule has 0 fully saturated rings. The van der Waals surface area contributed by atoms with Crippen LogP contribution in [-0.4, -0.2) is 53.8 Å². The maximum atomic E-state index is 13.0. The Balaban J connectivity index is 1.63. The smallest absolute Gasteiger partial charge is 0.265 e. The van der Waals surface area contributed by atoms with Crippen LogP contribution in [0, 0.1) is 0 Å². The van der Waals surface area contributed by atoms with Crippen molar-refractivity contribution in [1.29, 1.82) is 0 Å². The number of hydrogen-bond donors (Lipinski definition) is 1. The van der Waals surface area contributed by atoms with Gasteiger partial charge in [0.15, 0.2) is 5.82 Å². The van der Waals surface area contributed by atoms with E-state index in [1.807, 2.05) is 12.1 Å². The standard InChI is InChI=1S/C20H22N6O4S/c1-25-20-15(10-22-25)5-4-6-17(20)24-31(27,28)16-11-23-26(12-16)19-9-14(7-8-21-19)18(30-3)13-29-2/h4-12,18,24H,13H2,1-3H3/t18-/m1/s1. The first-order chi connectivity index (χ1) is 14.9. The second kappa shape index (κ2) is 8.46. The molecule has 0 amide bonds. The first kappa shape index (κ1) is 21.0. The van der Waals surface area contributed by atoms with E-state index in [1.165, 1.54) is 17.1 Å². The van der Waals surface area contributed by atoms with Crippen LogP contribution >= 0.6 is 0 Å². The zero-order valence-corrected chi connectivity index (χ0v) is 18.1. The predicted molar refractivity (Wildman–Crippen MR) is 115 cm³/mol. The summed E-state index contributed by atoms with van der Waals surface area (Å²) in [4.78, 5) is 4.30. The van der Waals surface area contributed by atoms with Crippen molar-refractivity contribution in [3.05, 3.63) is 60.7 Å². The van der Waals surface area contributed by atoms with Crippen LogP contribution in [0.3, 0.4) is 0 Å². The number of sulfonamides is 1. The minimum Gasteiger partial charge on any atom is -0.382 e. The molecule has 11 heteroatoms. The van der Waals surface area contributed by atoms with E-state index in [2.05, 4.69) is 19.9 Å². The Hall–Kier alpha value is -3.28. The van der Waals surface area contributed by atoms with Crippen LogP contribution in [0.2, 0.25) is 0 Å². The molecule has 0 spiro atoms. The summed E-state index contributed by atoms with van der Waals surface area (Å²) >= 11 is 0. The molecule has 1 aromatic carbocycles. The Bertz CT molecular complexity index is 1310. The van der Waals surface area contributed by atoms with Gasteiger partial charge in [0.1, 0.15) is 11.0 Å². The molecule has 0 aliphatic heterocycles. The van der Waals surface area contributed by atoms with Crippen LogP contribution in [0.5, 0.6) is 0 Å². The van der Waals surface area contributed by atoms with Crippen LogP contribution < -0.4 is 4.72 Å². The van der Waals surface area contributed by atoms with Gasteiger partial charge < -0.3 is 9.47 Å². The molecule has 0 bridgehead atoms. The topological polar surface area (TPSA) is 113 Å². The van der Waals surface area contributed by atoms with Crippen molar-refractivity contribution >= 4 is 26.6 Å². The number of nitrogens with one attached hydrogen (secondary N) is 1. The molecule has 4 aromatic rings. The molecule has 4 rings (SSSR count). The number of pyridine rings is 1. The number of anilines is 1. The van der Waals surface area contributed by atoms with Gasteiger partial charge in [-0.3, -0.25) is 9.40 Å². The number of aryl methyl sites for hydroxylation is 1. The average Bonchev–Trinajstić information content (AvgIpc) is 3.40. The van der Waals surface area contributed by atoms with Crippen molar-refractivity contribution in [2.45, 2.75) is 11.0 Å². The fraction of sp³-hybridized carbons (Fsp3) is 0.250. The fourth-order valence-corrected chi connectivity index (χ4v) is 4.30. The third-order valence-electron chi connectivity index (χ3n) is 4.85. The van der Waals surface area contributed by atoms with Gasteiger partial charge in [0, 0.05) is 32.9 Å². The van der Waals surface area contributed by atoms with Crippen LogP contribution in [0.25, 0.3) is 16.7 Å². The van der Waals surface area contributed by atoms with Gasteiger partial charge in [-0.15, -0.1) is 0 Å². The molecule has 3 aromatic heterocycles. The Morgan fingerprint density at radius 3 is 2.77 bits per heavy atom. The molecular formula is C20H22N6O4S. The molecular weight excluding hydrogens is 420 g/mol. The van der Waals surface area contributed by atoms with Crippen LogP contribution in [0.1, 0.15) is 11.7 Å². The number of aromatic nitrogens is 5. The van der Waals surface area contributed by atoms with Gasteiger partial charge in [0.25, 0.3) is 10.0 Å². The molecule has 31 heavy (non-hydrogen) atoms. The van der Waals surface area contributed by atoms with Crippen molar-refractivity contribution in [3.63, 3.8) is 0 Å². The lowest BCUT2D eigenvalue weighted by Gasteiger charge is -2.15. The van der Waals surface area contributed by atoms with E-state index in [1.54, 1.807) is 56.5 Å². The number of methoxy groups -OCH3 is 2. The highest BCUT2D eigenvalue weighted by atomic mass is 32.2. The molecule has 0 saturated heterocycles. The third-order valence-corrected chi connectivity index (χ3v) is 6.17. The van der Waals surface area contributed by atoms with Crippen molar-refractivity contribution in [1.82, 2.24) is 24.5 Å². The Morgan fingerprint density at radius 1 is 1.16 bits per heavy atom. The third kappa shape index (κ3) is 4.15. The SMILES string of the molecule is COC[C@@H](OC)c1ccnc(-n2cc(S(=O)(=O)Nc3cccc4cnn(C)c34)cn2)c1. The summed E-state index contributed by atoms with van der Waals surface area (Å²) in [6.07, 6.45) is 5.72. The van der Waals surface area contributed by atoms with Crippen molar-refractivity contribution in [2.24, 2.45) is 7.05 Å². The highest BCUT2D eigenvalue weighted by molar-refractivity contribution is 7.92. The second-order valence-corrected chi connectivity index (χ2v) is 8.55. The number of fused-ring (bicyclic) bond motifs is 1. The Kier molecular flexibility index (Phi) is 5.72. The summed E-state index contributed by atoms with van der Waals surface area (Å²) in [6, 6.07) is 8.92. The molecule has 1 N–H and O–H groups in total. The quantitative estimate of drug-likeness (QED) is 0.445. The van der Waals surface area contributed by atoms with E-state index < -0.39 is 10.0 Å². The summed E-state index contributed by atoms with van der Waals surface area (Å²) < 4.78 is 42.2. The Labute approximate surface area is 179 Å². The van der Waals surface area contributed by atoms with Gasteiger partial charge in [0.05, 0.1) is 36.4 Å². The number of hydrogen-bond acceptors (Lipinski definition) is 7. The summed E-state index contributed by atoms with van der Waals surface area (Å²) in [5, 5.41) is 9.20. The molecule has 0 aliphatic carbocycles. The van der Waals surface area contributed by atoms with Crippen LogP contribution in [-0.2, 0) is 26.5 Å². The highest BCUT2D eigenvalue weighted by Gasteiger charge is 2.20. The van der Waals surface area contributed by atoms with Gasteiger partial charge in [-0.05, 0) is 23.8 Å². The van der Waals surface area contributed by atoms with E-state index in [4.69, 9.17) is 9.47 Å². The molecule has 0 aliphatic rings. The first-order valence-corrected chi connectivity index (χ1v) is 10.9. The molecule has 10 nitrogen and oxygen atoms in total. The molecule has 162 valence electrons. The molecule has 0 unspecified atom stereocenters. The lowest BCUT2D eigenvalue weighted by Crippen LogP contribution is -2.13. The van der Waals surface area contributed by atoms with E-state index in [9.17, 15) is 8.42 Å². The minimum absolute atomic E-state index is 0.0130. The lowest BCUT2D eigenvalue weighted by molar-refractivity contribution is 0.0274. The summed E-state index contributed by atoms with van der Waals surface area (Å²) in [7, 11) is 1.07. The van der Waals surface area contributed by atoms with Gasteiger partial charge in [-0.2, -0.15) is 10.2 Å². The normalized spacial score (nSPS) is 12.9. The van der Waals surface area contributed by atoms with E-state index in [0.29, 0.717) is 23.6 Å². The number of nitrogens with zero attached hydrogens (tertiary/aromatic N) is 5. The maximum Gasteiger partial charge on any atom is 0.265 e. The van der Waals surface area contributed by atoms with Gasteiger partial charge >= 0.3 is 0 Å². The van der Waals surface area contributed by atoms with Gasteiger partial charge in [-0.1, -0.05) is 12.1 Å². The Morgan fingerprint density at radius 2 is 2.00 bits per heavy atom. The van der Waals surface area contributed by atoms with Crippen LogP contribution in [0.15, 0.2) is 60.0 Å². The predicted octanol–water partition coefficient (Wildman–Crippen LogP) is 2.29. The number of rotatable bonds is 8. The minimum atomic E-state index is -3.87. The second-order valence-electron chi connectivity index (χ2n) is 6.86. The molecule has 3 heterocycles. The van der Waals surface area contributed by atoms with Crippen molar-refractivity contribution in [2.75, 3.05) is 25.5 Å². The van der Waals surface area contributed by atoms with E-state index in [-0.39, 0.29) is 11.0 Å². The molecule has 0 radical (unpaired) electrons. The van der Waals surface area contributed by atoms with Gasteiger partial charge in [-0.25, -0.2) is 18.1 Å². The monoisotopic (exact) mass is 442 g/mol. The first-order valence-electron chi connectivity index (χ1n) is 9.39. The van der Waals surface area contributed by atoms with Crippen LogP contribution in [0.4, 0.5) is 5.69 Å². The zero-order valence-electron chi connectivity index (χ0n) is 17.3.